The quantitative estimate of drug-likeness (QED) is 0.468. The molecule has 1 aliphatic rings. The molecule has 1 fully saturated rings. The number of halogens is 2. The van der Waals surface area contributed by atoms with Crippen molar-refractivity contribution < 1.29 is 0 Å². The number of para-hydroxylation sites is 1. The lowest BCUT2D eigenvalue weighted by molar-refractivity contribution is 0.146. The highest BCUT2D eigenvalue weighted by Crippen LogP contribution is 2.31. The standard InChI is InChI=1S/C21H22Cl2N4S/c1-15-9-11-25(12-10-15)14-26-21(28)27(17-5-3-2-4-6-17)20(24-26)18-8-7-16(22)13-19(18)23/h2-8,13,15H,9-12,14H2,1H3. The number of rotatable bonds is 4. The van der Waals surface area contributed by atoms with Crippen molar-refractivity contribution in [2.45, 2.75) is 26.4 Å². The zero-order chi connectivity index (χ0) is 19.7. The molecule has 28 heavy (non-hydrogen) atoms. The van der Waals surface area contributed by atoms with Gasteiger partial charge in [-0.2, -0.15) is 0 Å². The van der Waals surface area contributed by atoms with Crippen LogP contribution in [-0.4, -0.2) is 32.3 Å². The van der Waals surface area contributed by atoms with Crippen LogP contribution in [0.3, 0.4) is 0 Å². The Morgan fingerprint density at radius 3 is 2.46 bits per heavy atom. The highest BCUT2D eigenvalue weighted by atomic mass is 35.5. The highest BCUT2D eigenvalue weighted by molar-refractivity contribution is 7.71. The molecule has 0 N–H and O–H groups in total. The van der Waals surface area contributed by atoms with Crippen LogP contribution in [0.5, 0.6) is 0 Å². The Bertz CT molecular complexity index is 1020. The van der Waals surface area contributed by atoms with Crippen molar-refractivity contribution >= 4 is 35.4 Å². The van der Waals surface area contributed by atoms with E-state index in [1.54, 1.807) is 6.07 Å². The van der Waals surface area contributed by atoms with E-state index in [-0.39, 0.29) is 0 Å². The summed E-state index contributed by atoms with van der Waals surface area (Å²) in [5, 5.41) is 6.02. The van der Waals surface area contributed by atoms with Crippen LogP contribution in [0, 0.1) is 10.7 Å². The molecule has 0 atom stereocenters. The van der Waals surface area contributed by atoms with Crippen LogP contribution in [0.4, 0.5) is 0 Å². The predicted molar refractivity (Wildman–Crippen MR) is 118 cm³/mol. The van der Waals surface area contributed by atoms with E-state index >= 15 is 0 Å². The lowest BCUT2D eigenvalue weighted by Gasteiger charge is -2.29. The average molecular weight is 433 g/mol. The minimum absolute atomic E-state index is 0.559. The maximum Gasteiger partial charge on any atom is 0.204 e. The van der Waals surface area contributed by atoms with Crippen LogP contribution in [-0.2, 0) is 6.67 Å². The SMILES string of the molecule is CC1CCN(Cn2nc(-c3ccc(Cl)cc3Cl)n(-c3ccccc3)c2=S)CC1. The van der Waals surface area contributed by atoms with E-state index in [2.05, 4.69) is 11.8 Å². The van der Waals surface area contributed by atoms with Crippen LogP contribution < -0.4 is 0 Å². The first kappa shape index (κ1) is 19.6. The average Bonchev–Trinajstić information content (AvgIpc) is 3.00. The number of benzene rings is 2. The molecule has 0 aliphatic carbocycles. The lowest BCUT2D eigenvalue weighted by Crippen LogP contribution is -2.34. The molecular formula is C21H22Cl2N4S. The fourth-order valence-corrected chi connectivity index (χ4v) is 4.33. The van der Waals surface area contributed by atoms with Crippen molar-refractivity contribution in [1.29, 1.82) is 0 Å². The second-order valence-electron chi connectivity index (χ2n) is 7.34. The Kier molecular flexibility index (Phi) is 5.88. The van der Waals surface area contributed by atoms with Crippen molar-refractivity contribution in [1.82, 2.24) is 19.2 Å². The minimum atomic E-state index is 0.559. The Hall–Kier alpha value is -1.66. The molecular weight excluding hydrogens is 411 g/mol. The van der Waals surface area contributed by atoms with E-state index in [0.717, 1.165) is 36.1 Å². The van der Waals surface area contributed by atoms with E-state index in [1.165, 1.54) is 12.8 Å². The van der Waals surface area contributed by atoms with Crippen molar-refractivity contribution in [3.05, 3.63) is 63.3 Å². The van der Waals surface area contributed by atoms with Crippen molar-refractivity contribution in [3.63, 3.8) is 0 Å². The Balaban J connectivity index is 1.79. The van der Waals surface area contributed by atoms with Gasteiger partial charge in [0, 0.05) is 29.4 Å². The van der Waals surface area contributed by atoms with Gasteiger partial charge in [-0.05, 0) is 61.3 Å². The van der Waals surface area contributed by atoms with E-state index in [9.17, 15) is 0 Å². The second-order valence-corrected chi connectivity index (χ2v) is 8.55. The summed E-state index contributed by atoms with van der Waals surface area (Å²) in [5.41, 5.74) is 1.78. The van der Waals surface area contributed by atoms with Gasteiger partial charge in [-0.15, -0.1) is 5.10 Å². The monoisotopic (exact) mass is 432 g/mol. The maximum atomic E-state index is 6.50. The smallest absolute Gasteiger partial charge is 0.204 e. The molecule has 0 amide bonds. The molecule has 2 heterocycles. The van der Waals surface area contributed by atoms with Gasteiger partial charge in [-0.3, -0.25) is 9.47 Å². The largest absolute Gasteiger partial charge is 0.284 e. The predicted octanol–water partition coefficient (Wildman–Crippen LogP) is 6.07. The first-order valence-corrected chi connectivity index (χ1v) is 10.6. The summed E-state index contributed by atoms with van der Waals surface area (Å²) in [7, 11) is 0. The Morgan fingerprint density at radius 1 is 1.07 bits per heavy atom. The topological polar surface area (TPSA) is 26.0 Å². The van der Waals surface area contributed by atoms with E-state index in [0.29, 0.717) is 21.5 Å². The summed E-state index contributed by atoms with van der Waals surface area (Å²) >= 11 is 18.4. The third kappa shape index (κ3) is 4.03. The fraction of sp³-hybridized carbons (Fsp3) is 0.333. The number of likely N-dealkylation sites (tertiary alicyclic amines) is 1. The number of hydrogen-bond acceptors (Lipinski definition) is 3. The zero-order valence-electron chi connectivity index (χ0n) is 15.7. The van der Waals surface area contributed by atoms with Gasteiger partial charge in [0.05, 0.1) is 11.7 Å². The van der Waals surface area contributed by atoms with Crippen LogP contribution in [0.25, 0.3) is 17.1 Å². The van der Waals surface area contributed by atoms with Gasteiger partial charge in [-0.25, -0.2) is 4.68 Å². The highest BCUT2D eigenvalue weighted by Gasteiger charge is 2.20. The van der Waals surface area contributed by atoms with Crippen molar-refractivity contribution in [3.8, 4) is 17.1 Å². The number of aromatic nitrogens is 3. The molecule has 7 heteroatoms. The molecule has 0 unspecified atom stereocenters. The summed E-state index contributed by atoms with van der Waals surface area (Å²) in [6.45, 7) is 5.13. The fourth-order valence-electron chi connectivity index (χ4n) is 3.55. The van der Waals surface area contributed by atoms with Gasteiger partial charge in [0.2, 0.25) is 4.77 Å². The molecule has 146 valence electrons. The summed E-state index contributed by atoms with van der Waals surface area (Å²) < 4.78 is 4.54. The molecule has 1 saturated heterocycles. The molecule has 0 saturated carbocycles. The van der Waals surface area contributed by atoms with E-state index in [1.807, 2.05) is 51.7 Å². The minimum Gasteiger partial charge on any atom is -0.284 e. The van der Waals surface area contributed by atoms with Gasteiger partial charge in [-0.1, -0.05) is 48.3 Å². The van der Waals surface area contributed by atoms with Crippen LogP contribution >= 0.6 is 35.4 Å². The summed E-state index contributed by atoms with van der Waals surface area (Å²) in [6, 6.07) is 15.5. The van der Waals surface area contributed by atoms with Gasteiger partial charge >= 0.3 is 0 Å². The summed E-state index contributed by atoms with van der Waals surface area (Å²) in [5.74, 6) is 1.51. The van der Waals surface area contributed by atoms with E-state index in [4.69, 9.17) is 40.5 Å². The zero-order valence-corrected chi connectivity index (χ0v) is 18.0. The molecule has 1 aliphatic heterocycles. The first-order chi connectivity index (χ1) is 13.5. The molecule has 0 radical (unpaired) electrons. The normalized spacial score (nSPS) is 15.8. The molecule has 1 aromatic heterocycles. The summed E-state index contributed by atoms with van der Waals surface area (Å²) in [4.78, 5) is 2.41. The van der Waals surface area contributed by atoms with E-state index < -0.39 is 0 Å². The molecule has 0 spiro atoms. The van der Waals surface area contributed by atoms with Crippen molar-refractivity contribution in [2.24, 2.45) is 5.92 Å². The maximum absolute atomic E-state index is 6.50. The van der Waals surface area contributed by atoms with Gasteiger partial charge < -0.3 is 0 Å². The second kappa shape index (κ2) is 8.37. The Morgan fingerprint density at radius 2 is 1.79 bits per heavy atom. The van der Waals surface area contributed by atoms with Crippen LogP contribution in [0.2, 0.25) is 10.0 Å². The van der Waals surface area contributed by atoms with Gasteiger partial charge in [0.1, 0.15) is 0 Å². The van der Waals surface area contributed by atoms with Crippen LogP contribution in [0.15, 0.2) is 48.5 Å². The molecule has 2 aromatic carbocycles. The lowest BCUT2D eigenvalue weighted by atomic mass is 10.00. The van der Waals surface area contributed by atoms with Crippen LogP contribution in [0.1, 0.15) is 19.8 Å². The molecule has 0 bridgehead atoms. The van der Waals surface area contributed by atoms with Gasteiger partial charge in [0.25, 0.3) is 0 Å². The molecule has 3 aromatic rings. The third-order valence-electron chi connectivity index (χ3n) is 5.24. The first-order valence-electron chi connectivity index (χ1n) is 9.46. The third-order valence-corrected chi connectivity index (χ3v) is 6.18. The molecule has 4 nitrogen and oxygen atoms in total. The molecule has 4 rings (SSSR count). The Labute approximate surface area is 180 Å². The van der Waals surface area contributed by atoms with Crippen molar-refractivity contribution in [2.75, 3.05) is 13.1 Å². The number of hydrogen-bond donors (Lipinski definition) is 0. The number of piperidine rings is 1. The summed E-state index contributed by atoms with van der Waals surface area (Å²) in [6.07, 6.45) is 2.42. The number of nitrogens with zero attached hydrogens (tertiary/aromatic N) is 4. The van der Waals surface area contributed by atoms with Gasteiger partial charge in [0.15, 0.2) is 5.82 Å².